The molecule has 2 bridgehead atoms. The molecule has 112 valence electrons. The van der Waals surface area contributed by atoms with Gasteiger partial charge in [-0.2, -0.15) is 0 Å². The number of likely N-dealkylation sites (tertiary alicyclic amines) is 1. The molecule has 1 aromatic rings. The molecule has 0 aromatic heterocycles. The Morgan fingerprint density at radius 1 is 1.38 bits per heavy atom. The van der Waals surface area contributed by atoms with E-state index in [0.717, 1.165) is 37.8 Å². The standard InChI is InChI=1S/C17H20FNO2/c1-19-7-6-17-10-3-5-13(20)16(17)21-15-11(18)4-2-9(14(15)17)8-12(10)19/h2,4,10,12-13,16,20H,3,5-8H2,1H3. The van der Waals surface area contributed by atoms with Crippen LogP contribution in [0.1, 0.15) is 30.4 Å². The summed E-state index contributed by atoms with van der Waals surface area (Å²) in [6.07, 6.45) is 3.02. The van der Waals surface area contributed by atoms with Crippen molar-refractivity contribution in [3.8, 4) is 5.75 Å². The van der Waals surface area contributed by atoms with Crippen molar-refractivity contribution in [1.29, 1.82) is 0 Å². The number of piperidine rings is 1. The molecule has 0 radical (unpaired) electrons. The SMILES string of the molecule is CN1CCC23c4c5ccc(F)c4OC2C(O)CCC3C1C5. The first-order valence-electron chi connectivity index (χ1n) is 8.00. The van der Waals surface area contributed by atoms with Gasteiger partial charge in [0.15, 0.2) is 11.6 Å². The summed E-state index contributed by atoms with van der Waals surface area (Å²) in [6.45, 7) is 1.00. The van der Waals surface area contributed by atoms with Crippen LogP contribution in [0.5, 0.6) is 5.75 Å². The van der Waals surface area contributed by atoms with Crippen molar-refractivity contribution in [2.45, 2.75) is 49.3 Å². The highest BCUT2D eigenvalue weighted by Crippen LogP contribution is 2.62. The second-order valence-electron chi connectivity index (χ2n) is 7.24. The smallest absolute Gasteiger partial charge is 0.165 e. The number of rotatable bonds is 0. The van der Waals surface area contributed by atoms with Gasteiger partial charge in [-0.15, -0.1) is 0 Å². The third-order valence-electron chi connectivity index (χ3n) is 6.54. The molecular weight excluding hydrogens is 269 g/mol. The number of aliphatic hydroxyl groups excluding tert-OH is 1. The van der Waals surface area contributed by atoms with Crippen molar-refractivity contribution >= 4 is 0 Å². The predicted molar refractivity (Wildman–Crippen MR) is 76.0 cm³/mol. The van der Waals surface area contributed by atoms with Gasteiger partial charge in [-0.25, -0.2) is 4.39 Å². The number of halogens is 1. The van der Waals surface area contributed by atoms with E-state index in [0.29, 0.717) is 17.7 Å². The number of hydrogen-bond donors (Lipinski definition) is 1. The van der Waals surface area contributed by atoms with Crippen LogP contribution < -0.4 is 4.74 Å². The minimum Gasteiger partial charge on any atom is -0.483 e. The van der Waals surface area contributed by atoms with Gasteiger partial charge in [0.2, 0.25) is 0 Å². The average molecular weight is 289 g/mol. The van der Waals surface area contributed by atoms with Crippen LogP contribution >= 0.6 is 0 Å². The molecule has 1 saturated heterocycles. The zero-order valence-corrected chi connectivity index (χ0v) is 12.2. The molecule has 5 unspecified atom stereocenters. The zero-order valence-electron chi connectivity index (χ0n) is 12.2. The fraction of sp³-hybridized carbons (Fsp3) is 0.647. The Hall–Kier alpha value is -1.13. The highest BCUT2D eigenvalue weighted by atomic mass is 19.1. The quantitative estimate of drug-likeness (QED) is 0.791. The summed E-state index contributed by atoms with van der Waals surface area (Å²) < 4.78 is 20.3. The van der Waals surface area contributed by atoms with Crippen molar-refractivity contribution < 1.29 is 14.2 Å². The third kappa shape index (κ3) is 1.28. The highest BCUT2D eigenvalue weighted by Gasteiger charge is 2.65. The monoisotopic (exact) mass is 289 g/mol. The van der Waals surface area contributed by atoms with Gasteiger partial charge in [0.1, 0.15) is 6.10 Å². The van der Waals surface area contributed by atoms with Crippen LogP contribution in [0.3, 0.4) is 0 Å². The Balaban J connectivity index is 1.81. The van der Waals surface area contributed by atoms with Crippen LogP contribution in [-0.2, 0) is 11.8 Å². The van der Waals surface area contributed by atoms with Crippen molar-refractivity contribution in [3.63, 3.8) is 0 Å². The number of nitrogens with zero attached hydrogens (tertiary/aromatic N) is 1. The second kappa shape index (κ2) is 3.79. The molecule has 1 N–H and O–H groups in total. The topological polar surface area (TPSA) is 32.7 Å². The van der Waals surface area contributed by atoms with E-state index < -0.39 is 6.10 Å². The number of hydrogen-bond acceptors (Lipinski definition) is 3. The Labute approximate surface area is 123 Å². The molecule has 1 spiro atoms. The lowest BCUT2D eigenvalue weighted by Crippen LogP contribution is -2.66. The van der Waals surface area contributed by atoms with Crippen molar-refractivity contribution in [2.24, 2.45) is 5.92 Å². The van der Waals surface area contributed by atoms with Crippen molar-refractivity contribution in [1.82, 2.24) is 4.90 Å². The number of aliphatic hydroxyl groups is 1. The van der Waals surface area contributed by atoms with Gasteiger partial charge in [-0.3, -0.25) is 0 Å². The van der Waals surface area contributed by atoms with E-state index in [1.807, 2.05) is 6.07 Å². The maximum absolute atomic E-state index is 14.3. The highest BCUT2D eigenvalue weighted by molar-refractivity contribution is 5.55. The molecular formula is C17H20FNO2. The predicted octanol–water partition coefficient (Wildman–Crippen LogP) is 1.86. The maximum Gasteiger partial charge on any atom is 0.165 e. The van der Waals surface area contributed by atoms with Gasteiger partial charge < -0.3 is 14.7 Å². The van der Waals surface area contributed by atoms with Crippen molar-refractivity contribution in [3.05, 3.63) is 29.1 Å². The van der Waals surface area contributed by atoms with Crippen LogP contribution in [-0.4, -0.2) is 41.8 Å². The average Bonchev–Trinajstić information content (AvgIpc) is 2.83. The molecule has 0 amide bonds. The Bertz CT molecular complexity index is 633. The van der Waals surface area contributed by atoms with E-state index in [4.69, 9.17) is 4.74 Å². The summed E-state index contributed by atoms with van der Waals surface area (Å²) in [5, 5.41) is 10.5. The minimum absolute atomic E-state index is 0.153. The summed E-state index contributed by atoms with van der Waals surface area (Å²) in [4.78, 5) is 2.45. The lowest BCUT2D eigenvalue weighted by atomic mass is 9.51. The van der Waals surface area contributed by atoms with E-state index in [2.05, 4.69) is 11.9 Å². The second-order valence-corrected chi connectivity index (χ2v) is 7.24. The molecule has 4 aliphatic rings. The van der Waals surface area contributed by atoms with Crippen molar-refractivity contribution in [2.75, 3.05) is 13.6 Å². The molecule has 2 aliphatic carbocycles. The van der Waals surface area contributed by atoms with Crippen LogP contribution in [0, 0.1) is 11.7 Å². The van der Waals surface area contributed by atoms with Gasteiger partial charge in [0.25, 0.3) is 0 Å². The molecule has 2 fully saturated rings. The maximum atomic E-state index is 14.3. The van der Waals surface area contributed by atoms with Crippen LogP contribution in [0.4, 0.5) is 4.39 Å². The van der Waals surface area contributed by atoms with Gasteiger partial charge in [-0.1, -0.05) is 6.07 Å². The molecule has 2 heterocycles. The van der Waals surface area contributed by atoms with Gasteiger partial charge in [-0.05, 0) is 56.8 Å². The van der Waals surface area contributed by atoms with Crippen LogP contribution in [0.15, 0.2) is 12.1 Å². The summed E-state index contributed by atoms with van der Waals surface area (Å²) in [5.41, 5.74) is 2.18. The number of ether oxygens (including phenoxy) is 1. The summed E-state index contributed by atoms with van der Waals surface area (Å²) in [6, 6.07) is 3.97. The zero-order chi connectivity index (χ0) is 14.4. The molecule has 3 nitrogen and oxygen atoms in total. The van der Waals surface area contributed by atoms with E-state index in [1.54, 1.807) is 0 Å². The molecule has 21 heavy (non-hydrogen) atoms. The first-order chi connectivity index (χ1) is 10.1. The molecule has 4 heteroatoms. The van der Waals surface area contributed by atoms with E-state index in [-0.39, 0.29) is 17.3 Å². The number of likely N-dealkylation sites (N-methyl/N-ethyl adjacent to an activating group) is 1. The lowest BCUT2D eigenvalue weighted by Gasteiger charge is -2.58. The Morgan fingerprint density at radius 2 is 2.24 bits per heavy atom. The molecule has 5 atom stereocenters. The van der Waals surface area contributed by atoms with E-state index >= 15 is 0 Å². The van der Waals surface area contributed by atoms with E-state index in [1.165, 1.54) is 11.6 Å². The first kappa shape index (κ1) is 12.4. The lowest BCUT2D eigenvalue weighted by molar-refractivity contribution is -0.0995. The minimum atomic E-state index is -0.469. The first-order valence-corrected chi connectivity index (χ1v) is 8.00. The van der Waals surface area contributed by atoms with Crippen LogP contribution in [0.25, 0.3) is 0 Å². The third-order valence-corrected chi connectivity index (χ3v) is 6.54. The summed E-state index contributed by atoms with van der Waals surface area (Å²) in [7, 11) is 2.20. The van der Waals surface area contributed by atoms with E-state index in [9.17, 15) is 9.50 Å². The molecule has 1 saturated carbocycles. The fourth-order valence-electron chi connectivity index (χ4n) is 5.69. The van der Waals surface area contributed by atoms with Gasteiger partial charge >= 0.3 is 0 Å². The normalized spacial score (nSPS) is 43.4. The van der Waals surface area contributed by atoms with Gasteiger partial charge in [0.05, 0.1) is 6.10 Å². The Morgan fingerprint density at radius 3 is 3.10 bits per heavy atom. The molecule has 2 aliphatic heterocycles. The summed E-state index contributed by atoms with van der Waals surface area (Å²) >= 11 is 0. The Kier molecular flexibility index (Phi) is 2.24. The fourth-order valence-corrected chi connectivity index (χ4v) is 5.69. The number of benzene rings is 1. The summed E-state index contributed by atoms with van der Waals surface area (Å²) in [5.74, 6) is 0.660. The largest absolute Gasteiger partial charge is 0.483 e. The van der Waals surface area contributed by atoms with Gasteiger partial charge in [0, 0.05) is 17.0 Å². The molecule has 1 aromatic carbocycles. The molecule has 5 rings (SSSR count). The van der Waals surface area contributed by atoms with Crippen LogP contribution in [0.2, 0.25) is 0 Å².